The van der Waals surface area contributed by atoms with Gasteiger partial charge in [-0.3, -0.25) is 0 Å². The quantitative estimate of drug-likeness (QED) is 0.791. The van der Waals surface area contributed by atoms with Crippen molar-refractivity contribution in [3.8, 4) is 11.5 Å². The predicted octanol–water partition coefficient (Wildman–Crippen LogP) is 1.96. The molecule has 0 amide bonds. The second-order valence-electron chi connectivity index (χ2n) is 5.04. The zero-order valence-corrected chi connectivity index (χ0v) is 11.4. The number of hydrogen-bond donors (Lipinski definition) is 1. The van der Waals surface area contributed by atoms with Gasteiger partial charge >= 0.3 is 0 Å². The smallest absolute Gasteiger partial charge is 0.258 e. The molecule has 1 N–H and O–H groups in total. The Hall–Kier alpha value is -2.47. The molecule has 21 heavy (non-hydrogen) atoms. The molecule has 0 atom stereocenters. The fourth-order valence-corrected chi connectivity index (χ4v) is 2.64. The third-order valence-corrected chi connectivity index (χ3v) is 3.67. The molecule has 6 heteroatoms. The molecule has 6 nitrogen and oxygen atoms in total. The maximum absolute atomic E-state index is 5.41. The van der Waals surface area contributed by atoms with Crippen molar-refractivity contribution in [3.63, 3.8) is 0 Å². The highest BCUT2D eigenvalue weighted by Gasteiger charge is 2.18. The number of benzene rings is 1. The van der Waals surface area contributed by atoms with Crippen LogP contribution >= 0.6 is 0 Å². The van der Waals surface area contributed by atoms with E-state index in [4.69, 9.17) is 9.05 Å². The van der Waals surface area contributed by atoms with Gasteiger partial charge in [0.25, 0.3) is 5.89 Å². The summed E-state index contributed by atoms with van der Waals surface area (Å²) < 4.78 is 10.5. The Morgan fingerprint density at radius 3 is 3.10 bits per heavy atom. The third-order valence-electron chi connectivity index (χ3n) is 3.67. The largest absolute Gasteiger partial charge is 0.361 e. The molecule has 2 aromatic heterocycles. The van der Waals surface area contributed by atoms with Crippen LogP contribution in [0.2, 0.25) is 0 Å². The molecule has 3 heterocycles. The molecule has 1 aliphatic heterocycles. The molecule has 0 radical (unpaired) electrons. The fraction of sp³-hybridized carbons (Fsp3) is 0.267. The van der Waals surface area contributed by atoms with Crippen molar-refractivity contribution in [1.29, 1.82) is 0 Å². The first kappa shape index (κ1) is 12.3. The van der Waals surface area contributed by atoms with Gasteiger partial charge in [-0.1, -0.05) is 22.4 Å². The second-order valence-corrected chi connectivity index (χ2v) is 5.04. The van der Waals surface area contributed by atoms with Gasteiger partial charge < -0.3 is 14.4 Å². The molecular weight excluding hydrogens is 268 g/mol. The number of aromatic nitrogens is 3. The van der Waals surface area contributed by atoms with Crippen molar-refractivity contribution in [2.75, 3.05) is 6.54 Å². The predicted molar refractivity (Wildman–Crippen MR) is 74.5 cm³/mol. The molecule has 1 aliphatic rings. The van der Waals surface area contributed by atoms with Crippen molar-refractivity contribution in [2.45, 2.75) is 19.4 Å². The maximum Gasteiger partial charge on any atom is 0.258 e. The van der Waals surface area contributed by atoms with Gasteiger partial charge in [-0.25, -0.2) is 0 Å². The van der Waals surface area contributed by atoms with Gasteiger partial charge in [0.1, 0.15) is 5.76 Å². The molecule has 0 aliphatic carbocycles. The van der Waals surface area contributed by atoms with Crippen LogP contribution in [0.1, 0.15) is 22.7 Å². The van der Waals surface area contributed by atoms with Gasteiger partial charge in [0.2, 0.25) is 0 Å². The molecule has 1 aromatic carbocycles. The van der Waals surface area contributed by atoms with E-state index in [1.807, 2.05) is 12.1 Å². The summed E-state index contributed by atoms with van der Waals surface area (Å²) in [5, 5.41) is 11.1. The Kier molecular flexibility index (Phi) is 3.01. The van der Waals surface area contributed by atoms with Crippen LogP contribution in [0.25, 0.3) is 11.5 Å². The maximum atomic E-state index is 5.41. The van der Waals surface area contributed by atoms with Crippen LogP contribution in [-0.4, -0.2) is 21.8 Å². The summed E-state index contributed by atoms with van der Waals surface area (Å²) in [6.45, 7) is 1.85. The normalized spacial score (nSPS) is 14.1. The average Bonchev–Trinajstić information content (AvgIpc) is 3.19. The molecule has 0 bridgehead atoms. The Balaban J connectivity index is 1.67. The summed E-state index contributed by atoms with van der Waals surface area (Å²) >= 11 is 0. The Bertz CT molecular complexity index is 749. The minimum Gasteiger partial charge on any atom is -0.361 e. The number of hydrogen-bond acceptors (Lipinski definition) is 6. The van der Waals surface area contributed by atoms with Gasteiger partial charge in [-0.2, -0.15) is 4.98 Å². The molecule has 0 saturated heterocycles. The summed E-state index contributed by atoms with van der Waals surface area (Å²) in [5.41, 5.74) is 3.61. The Morgan fingerprint density at radius 2 is 2.19 bits per heavy atom. The van der Waals surface area contributed by atoms with E-state index in [9.17, 15) is 0 Å². The zero-order chi connectivity index (χ0) is 14.1. The van der Waals surface area contributed by atoms with Crippen molar-refractivity contribution in [2.24, 2.45) is 0 Å². The zero-order valence-electron chi connectivity index (χ0n) is 11.4. The first-order valence-corrected chi connectivity index (χ1v) is 6.94. The van der Waals surface area contributed by atoms with E-state index in [0.29, 0.717) is 18.1 Å². The summed E-state index contributed by atoms with van der Waals surface area (Å²) in [6.07, 6.45) is 3.12. The van der Waals surface area contributed by atoms with E-state index >= 15 is 0 Å². The lowest BCUT2D eigenvalue weighted by atomic mass is 9.96. The minimum absolute atomic E-state index is 0.483. The number of nitrogens with one attached hydrogen (secondary N) is 1. The number of rotatable bonds is 3. The summed E-state index contributed by atoms with van der Waals surface area (Å²) in [6, 6.07) is 8.02. The lowest BCUT2D eigenvalue weighted by Gasteiger charge is -2.18. The van der Waals surface area contributed by atoms with Gasteiger partial charge in [-0.05, 0) is 30.2 Å². The number of fused-ring (bicyclic) bond motifs is 1. The first-order chi connectivity index (χ1) is 10.4. The van der Waals surface area contributed by atoms with E-state index < -0.39 is 0 Å². The molecule has 106 valence electrons. The van der Waals surface area contributed by atoms with E-state index in [1.54, 1.807) is 12.3 Å². The van der Waals surface area contributed by atoms with Crippen LogP contribution in [0.15, 0.2) is 39.5 Å². The van der Waals surface area contributed by atoms with Crippen LogP contribution in [0.3, 0.4) is 0 Å². The molecule has 0 fully saturated rings. The second kappa shape index (κ2) is 5.14. The summed E-state index contributed by atoms with van der Waals surface area (Å²) in [7, 11) is 0. The molecule has 0 unspecified atom stereocenters. The SMILES string of the molecule is c1cc2c(c(-c3nc(Cc4ccno4)no3)c1)CNCC2. The highest BCUT2D eigenvalue weighted by Crippen LogP contribution is 2.27. The standard InChI is InChI=1S/C15H14N4O2/c1-2-10-4-6-16-9-13(10)12(3-1)15-18-14(19-21-15)8-11-5-7-17-20-11/h1-3,5,7,16H,4,6,8-9H2. The van der Waals surface area contributed by atoms with Crippen LogP contribution in [0, 0.1) is 0 Å². The van der Waals surface area contributed by atoms with Gasteiger partial charge in [0.05, 0.1) is 12.6 Å². The van der Waals surface area contributed by atoms with Crippen molar-refractivity contribution in [3.05, 3.63) is 53.2 Å². The monoisotopic (exact) mass is 282 g/mol. The van der Waals surface area contributed by atoms with Gasteiger partial charge in [0.15, 0.2) is 5.82 Å². The van der Waals surface area contributed by atoms with Crippen LogP contribution < -0.4 is 5.32 Å². The minimum atomic E-state index is 0.483. The molecular formula is C15H14N4O2. The van der Waals surface area contributed by atoms with E-state index in [1.165, 1.54) is 11.1 Å². The third kappa shape index (κ3) is 2.34. The van der Waals surface area contributed by atoms with Crippen LogP contribution in [-0.2, 0) is 19.4 Å². The lowest BCUT2D eigenvalue weighted by Crippen LogP contribution is -2.24. The Labute approximate surface area is 121 Å². The van der Waals surface area contributed by atoms with E-state index in [2.05, 4.69) is 26.7 Å². The molecule has 3 aromatic rings. The number of nitrogens with zero attached hydrogens (tertiary/aromatic N) is 3. The van der Waals surface area contributed by atoms with E-state index in [-0.39, 0.29) is 0 Å². The molecule has 0 saturated carbocycles. The van der Waals surface area contributed by atoms with E-state index in [0.717, 1.165) is 30.8 Å². The average molecular weight is 282 g/mol. The fourth-order valence-electron chi connectivity index (χ4n) is 2.64. The van der Waals surface area contributed by atoms with Gasteiger partial charge in [-0.15, -0.1) is 0 Å². The lowest BCUT2D eigenvalue weighted by molar-refractivity contribution is 0.382. The van der Waals surface area contributed by atoms with Crippen LogP contribution in [0.4, 0.5) is 0 Å². The topological polar surface area (TPSA) is 77.0 Å². The van der Waals surface area contributed by atoms with Crippen molar-refractivity contribution >= 4 is 0 Å². The Morgan fingerprint density at radius 1 is 1.19 bits per heavy atom. The summed E-state index contributed by atoms with van der Waals surface area (Å²) in [4.78, 5) is 4.47. The molecule has 0 spiro atoms. The summed E-state index contributed by atoms with van der Waals surface area (Å²) in [5.74, 6) is 1.88. The van der Waals surface area contributed by atoms with Crippen LogP contribution in [0.5, 0.6) is 0 Å². The van der Waals surface area contributed by atoms with Crippen molar-refractivity contribution in [1.82, 2.24) is 20.6 Å². The van der Waals surface area contributed by atoms with Crippen molar-refractivity contribution < 1.29 is 9.05 Å². The highest BCUT2D eigenvalue weighted by atomic mass is 16.5. The molecule has 4 rings (SSSR count). The highest BCUT2D eigenvalue weighted by molar-refractivity contribution is 5.61. The van der Waals surface area contributed by atoms with Gasteiger partial charge in [0, 0.05) is 18.2 Å². The first-order valence-electron chi connectivity index (χ1n) is 6.94.